The first-order valence-corrected chi connectivity index (χ1v) is 10.6. The smallest absolute Gasteiger partial charge is 0.347 e. The molecule has 0 fully saturated rings. The molecular weight excluding hydrogens is 432 g/mol. The number of aryl methyl sites for hydroxylation is 1. The van der Waals surface area contributed by atoms with Crippen LogP contribution < -0.4 is 10.1 Å². The van der Waals surface area contributed by atoms with Crippen LogP contribution in [0.25, 0.3) is 0 Å². The molecule has 8 nitrogen and oxygen atoms in total. The molecule has 0 saturated carbocycles. The number of hydrogen-bond donors (Lipinski definition) is 2. The van der Waals surface area contributed by atoms with E-state index in [2.05, 4.69) is 15.3 Å². The number of fused-ring (bicyclic) bond motifs is 1. The van der Waals surface area contributed by atoms with Crippen LogP contribution in [-0.4, -0.2) is 56.5 Å². The molecule has 0 radical (unpaired) electrons. The first kappa shape index (κ1) is 22.0. The first-order chi connectivity index (χ1) is 15.3. The molecule has 0 spiro atoms. The van der Waals surface area contributed by atoms with Crippen molar-refractivity contribution >= 4 is 29.0 Å². The predicted molar refractivity (Wildman–Crippen MR) is 120 cm³/mol. The number of nitrogens with zero attached hydrogens (tertiary/aromatic N) is 3. The molecule has 32 heavy (non-hydrogen) atoms. The summed E-state index contributed by atoms with van der Waals surface area (Å²) < 4.78 is 5.84. The van der Waals surface area contributed by atoms with Crippen LogP contribution in [0.3, 0.4) is 0 Å². The minimum Gasteiger partial charge on any atom is -0.478 e. The van der Waals surface area contributed by atoms with Gasteiger partial charge >= 0.3 is 12.0 Å². The molecular formula is C23H23ClN4O4. The number of carboxylic acid groups (broad SMARTS) is 1. The van der Waals surface area contributed by atoms with E-state index < -0.39 is 23.7 Å². The average molecular weight is 455 g/mol. The lowest BCUT2D eigenvalue weighted by molar-refractivity contribution is -0.151. The van der Waals surface area contributed by atoms with Crippen LogP contribution in [0, 0.1) is 6.92 Å². The molecule has 2 heterocycles. The highest BCUT2D eigenvalue weighted by Gasteiger charge is 2.48. The second-order valence-corrected chi connectivity index (χ2v) is 8.38. The standard InChI is InChI=1S/C23H23ClN4O4/c1-14-12-26-22(27-13-14)32-20(21(30)31)19-16-11-15(24)6-7-17(16)25-9-10-28(19)23(2)8-4-3-5-18(23)29/h3-8,11-13,19-20,25H,9-10H2,1-2H3,(H,30,31)/t19-,20-,23?/m0/s1. The minimum absolute atomic E-state index is 0.0562. The van der Waals surface area contributed by atoms with Gasteiger partial charge in [-0.1, -0.05) is 29.8 Å². The summed E-state index contributed by atoms with van der Waals surface area (Å²) >= 11 is 6.30. The van der Waals surface area contributed by atoms with Crippen LogP contribution >= 0.6 is 11.6 Å². The number of carbonyl (C=O) groups is 2. The molecule has 0 saturated heterocycles. The maximum absolute atomic E-state index is 13.0. The predicted octanol–water partition coefficient (Wildman–Crippen LogP) is 3.19. The zero-order chi connectivity index (χ0) is 22.9. The molecule has 1 aromatic heterocycles. The lowest BCUT2D eigenvalue weighted by Gasteiger charge is -2.44. The van der Waals surface area contributed by atoms with Gasteiger partial charge in [0.1, 0.15) is 5.54 Å². The van der Waals surface area contributed by atoms with E-state index in [1.165, 1.54) is 6.08 Å². The van der Waals surface area contributed by atoms with Crippen LogP contribution in [0.4, 0.5) is 5.69 Å². The molecule has 1 aliphatic carbocycles. The van der Waals surface area contributed by atoms with E-state index in [-0.39, 0.29) is 11.8 Å². The summed E-state index contributed by atoms with van der Waals surface area (Å²) in [5.41, 5.74) is 1.09. The fourth-order valence-corrected chi connectivity index (χ4v) is 4.26. The monoisotopic (exact) mass is 454 g/mol. The number of hydrogen-bond acceptors (Lipinski definition) is 7. The van der Waals surface area contributed by atoms with E-state index in [1.54, 1.807) is 55.7 Å². The van der Waals surface area contributed by atoms with Crippen molar-refractivity contribution < 1.29 is 19.4 Å². The summed E-state index contributed by atoms with van der Waals surface area (Å²) in [4.78, 5) is 35.6. The van der Waals surface area contributed by atoms with Gasteiger partial charge < -0.3 is 15.2 Å². The normalized spacial score (nSPS) is 23.7. The van der Waals surface area contributed by atoms with Gasteiger partial charge in [-0.3, -0.25) is 9.69 Å². The molecule has 2 aromatic rings. The molecule has 166 valence electrons. The minimum atomic E-state index is -1.40. The lowest BCUT2D eigenvalue weighted by Crippen LogP contribution is -2.57. The zero-order valence-electron chi connectivity index (χ0n) is 17.7. The Balaban J connectivity index is 1.86. The van der Waals surface area contributed by atoms with E-state index >= 15 is 0 Å². The van der Waals surface area contributed by atoms with Gasteiger partial charge in [0.05, 0.1) is 6.04 Å². The van der Waals surface area contributed by atoms with E-state index in [0.717, 1.165) is 11.3 Å². The zero-order valence-corrected chi connectivity index (χ0v) is 18.4. The third-order valence-electron chi connectivity index (χ3n) is 5.73. The average Bonchev–Trinajstić information content (AvgIpc) is 2.95. The van der Waals surface area contributed by atoms with Crippen molar-refractivity contribution in [1.29, 1.82) is 0 Å². The molecule has 2 N–H and O–H groups in total. The lowest BCUT2D eigenvalue weighted by atomic mass is 9.85. The highest BCUT2D eigenvalue weighted by Crippen LogP contribution is 2.40. The van der Waals surface area contributed by atoms with Gasteiger partial charge in [0.25, 0.3) is 0 Å². The molecule has 9 heteroatoms. The van der Waals surface area contributed by atoms with Crippen LogP contribution in [0.2, 0.25) is 5.02 Å². The topological polar surface area (TPSA) is 105 Å². The highest BCUT2D eigenvalue weighted by atomic mass is 35.5. The summed E-state index contributed by atoms with van der Waals surface area (Å²) in [6.07, 6.45) is 8.43. The number of halogens is 1. The highest BCUT2D eigenvalue weighted by molar-refractivity contribution is 6.30. The van der Waals surface area contributed by atoms with E-state index in [4.69, 9.17) is 16.3 Å². The number of aliphatic carboxylic acids is 1. The Labute approximate surface area is 190 Å². The number of anilines is 1. The van der Waals surface area contributed by atoms with Crippen LogP contribution in [0.15, 0.2) is 54.9 Å². The number of carbonyl (C=O) groups excluding carboxylic acids is 1. The molecule has 4 rings (SSSR count). The van der Waals surface area contributed by atoms with Gasteiger partial charge in [0.15, 0.2) is 5.78 Å². The third-order valence-corrected chi connectivity index (χ3v) is 5.97. The van der Waals surface area contributed by atoms with Gasteiger partial charge in [-0.05, 0) is 49.2 Å². The second kappa shape index (κ2) is 8.72. The Morgan fingerprint density at radius 2 is 2.09 bits per heavy atom. The van der Waals surface area contributed by atoms with Crippen molar-refractivity contribution in [2.24, 2.45) is 0 Å². The number of rotatable bonds is 5. The number of allylic oxidation sites excluding steroid dienone is 2. The number of ketones is 1. The van der Waals surface area contributed by atoms with Gasteiger partial charge in [-0.25, -0.2) is 14.8 Å². The number of carboxylic acids is 1. The molecule has 1 aromatic carbocycles. The summed E-state index contributed by atoms with van der Waals surface area (Å²) in [6, 6.07) is 4.33. The van der Waals surface area contributed by atoms with Crippen LogP contribution in [-0.2, 0) is 9.59 Å². The van der Waals surface area contributed by atoms with Crippen molar-refractivity contribution in [2.45, 2.75) is 31.5 Å². The number of ether oxygens (including phenoxy) is 1. The van der Waals surface area contributed by atoms with Gasteiger partial charge in [0.2, 0.25) is 6.10 Å². The molecule has 0 amide bonds. The first-order valence-electron chi connectivity index (χ1n) is 10.2. The Morgan fingerprint density at radius 3 is 2.78 bits per heavy atom. The number of benzene rings is 1. The fourth-order valence-electron chi connectivity index (χ4n) is 4.08. The third kappa shape index (κ3) is 4.11. The fraction of sp³-hybridized carbons (Fsp3) is 0.304. The Kier molecular flexibility index (Phi) is 5.99. The van der Waals surface area contributed by atoms with Crippen LogP contribution in [0.1, 0.15) is 24.1 Å². The molecule has 1 unspecified atom stereocenters. The van der Waals surface area contributed by atoms with Gasteiger partial charge in [-0.2, -0.15) is 0 Å². The molecule has 3 atom stereocenters. The maximum Gasteiger partial charge on any atom is 0.347 e. The van der Waals surface area contributed by atoms with Gasteiger partial charge in [0, 0.05) is 36.2 Å². The number of aromatic nitrogens is 2. The Bertz CT molecular complexity index is 1100. The van der Waals surface area contributed by atoms with Crippen LogP contribution in [0.5, 0.6) is 6.01 Å². The van der Waals surface area contributed by atoms with Crippen molar-refractivity contribution in [1.82, 2.24) is 14.9 Å². The molecule has 0 bridgehead atoms. The van der Waals surface area contributed by atoms with E-state index in [0.29, 0.717) is 23.7 Å². The van der Waals surface area contributed by atoms with Gasteiger partial charge in [-0.15, -0.1) is 0 Å². The van der Waals surface area contributed by atoms with E-state index in [1.807, 2.05) is 11.8 Å². The van der Waals surface area contributed by atoms with E-state index in [9.17, 15) is 14.7 Å². The van der Waals surface area contributed by atoms with Crippen molar-refractivity contribution in [3.8, 4) is 6.01 Å². The SMILES string of the molecule is Cc1cnc(O[C@H](C(=O)O)[C@@H]2c3cc(Cl)ccc3NCCN2C2(C)C=CC=CC2=O)nc1. The van der Waals surface area contributed by atoms with Crippen molar-refractivity contribution in [3.63, 3.8) is 0 Å². The van der Waals surface area contributed by atoms with Crippen molar-refractivity contribution in [2.75, 3.05) is 18.4 Å². The summed E-state index contributed by atoms with van der Waals surface area (Å²) in [5.74, 6) is -1.35. The second-order valence-electron chi connectivity index (χ2n) is 7.95. The largest absolute Gasteiger partial charge is 0.478 e. The number of nitrogens with one attached hydrogen (secondary N) is 1. The maximum atomic E-state index is 13.0. The molecule has 1 aliphatic heterocycles. The summed E-state index contributed by atoms with van der Waals surface area (Å²) in [7, 11) is 0. The summed E-state index contributed by atoms with van der Waals surface area (Å²) in [5, 5.41) is 14.0. The quantitative estimate of drug-likeness (QED) is 0.709. The summed E-state index contributed by atoms with van der Waals surface area (Å²) in [6.45, 7) is 4.49. The Hall–Kier alpha value is -3.23. The van der Waals surface area contributed by atoms with Crippen molar-refractivity contribution in [3.05, 3.63) is 71.0 Å². The Morgan fingerprint density at radius 1 is 1.34 bits per heavy atom. The molecule has 2 aliphatic rings.